The molecule has 0 fully saturated rings. The van der Waals surface area contributed by atoms with Crippen LogP contribution in [0.2, 0.25) is 0 Å². The number of para-hydroxylation sites is 1. The SMILES string of the molecule is CCCOc1ccccc1C(=O)C(N)C(C)C. The Kier molecular flexibility index (Phi) is 5.16. The predicted molar refractivity (Wildman–Crippen MR) is 69.4 cm³/mol. The van der Waals surface area contributed by atoms with E-state index in [1.54, 1.807) is 6.07 Å². The van der Waals surface area contributed by atoms with Crippen molar-refractivity contribution in [2.45, 2.75) is 33.2 Å². The van der Waals surface area contributed by atoms with Crippen molar-refractivity contribution in [3.8, 4) is 5.75 Å². The third-order valence-corrected chi connectivity index (χ3v) is 2.64. The number of rotatable bonds is 6. The van der Waals surface area contributed by atoms with Gasteiger partial charge >= 0.3 is 0 Å². The summed E-state index contributed by atoms with van der Waals surface area (Å²) < 4.78 is 5.56. The van der Waals surface area contributed by atoms with E-state index in [1.165, 1.54) is 0 Å². The number of carbonyl (C=O) groups excluding carboxylic acids is 1. The first kappa shape index (κ1) is 13.7. The first-order chi connectivity index (χ1) is 8.07. The molecule has 0 spiro atoms. The Hall–Kier alpha value is -1.35. The van der Waals surface area contributed by atoms with Crippen LogP contribution in [0.5, 0.6) is 5.75 Å². The zero-order valence-corrected chi connectivity index (χ0v) is 10.8. The maximum absolute atomic E-state index is 12.2. The normalized spacial score (nSPS) is 12.5. The Labute approximate surface area is 103 Å². The van der Waals surface area contributed by atoms with E-state index in [9.17, 15) is 4.79 Å². The van der Waals surface area contributed by atoms with Crippen LogP contribution in [0.15, 0.2) is 24.3 Å². The Morgan fingerprint density at radius 3 is 2.59 bits per heavy atom. The predicted octanol–water partition coefficient (Wildman–Crippen LogP) is 2.64. The standard InChI is InChI=1S/C14H21NO2/c1-4-9-17-12-8-6-5-7-11(12)14(16)13(15)10(2)3/h5-8,10,13H,4,9,15H2,1-3H3. The van der Waals surface area contributed by atoms with E-state index in [2.05, 4.69) is 0 Å². The molecule has 0 aliphatic heterocycles. The summed E-state index contributed by atoms with van der Waals surface area (Å²) in [4.78, 5) is 12.2. The second-order valence-corrected chi connectivity index (χ2v) is 4.48. The van der Waals surface area contributed by atoms with Crippen LogP contribution in [0.1, 0.15) is 37.6 Å². The van der Waals surface area contributed by atoms with Gasteiger partial charge in [0.2, 0.25) is 0 Å². The molecule has 1 unspecified atom stereocenters. The summed E-state index contributed by atoms with van der Waals surface area (Å²) in [6.45, 7) is 6.53. The van der Waals surface area contributed by atoms with Crippen molar-refractivity contribution in [3.63, 3.8) is 0 Å². The third kappa shape index (κ3) is 3.56. The number of ether oxygens (including phenoxy) is 1. The molecule has 1 rings (SSSR count). The molecule has 2 N–H and O–H groups in total. The topological polar surface area (TPSA) is 52.3 Å². The van der Waals surface area contributed by atoms with E-state index in [4.69, 9.17) is 10.5 Å². The van der Waals surface area contributed by atoms with E-state index >= 15 is 0 Å². The van der Waals surface area contributed by atoms with E-state index in [1.807, 2.05) is 39.0 Å². The van der Waals surface area contributed by atoms with Gasteiger partial charge in [-0.2, -0.15) is 0 Å². The highest BCUT2D eigenvalue weighted by molar-refractivity contribution is 6.02. The summed E-state index contributed by atoms with van der Waals surface area (Å²) in [7, 11) is 0. The number of carbonyl (C=O) groups is 1. The van der Waals surface area contributed by atoms with Gasteiger partial charge in [-0.25, -0.2) is 0 Å². The van der Waals surface area contributed by atoms with Gasteiger partial charge in [0.1, 0.15) is 5.75 Å². The molecule has 17 heavy (non-hydrogen) atoms. The van der Waals surface area contributed by atoms with Crippen molar-refractivity contribution in [1.82, 2.24) is 0 Å². The molecule has 0 aliphatic rings. The second-order valence-electron chi connectivity index (χ2n) is 4.48. The third-order valence-electron chi connectivity index (χ3n) is 2.64. The smallest absolute Gasteiger partial charge is 0.183 e. The van der Waals surface area contributed by atoms with Gasteiger partial charge in [-0.05, 0) is 24.5 Å². The second kappa shape index (κ2) is 6.40. The molecule has 0 amide bonds. The fraction of sp³-hybridized carbons (Fsp3) is 0.500. The zero-order chi connectivity index (χ0) is 12.8. The highest BCUT2D eigenvalue weighted by atomic mass is 16.5. The van der Waals surface area contributed by atoms with Crippen molar-refractivity contribution in [1.29, 1.82) is 0 Å². The van der Waals surface area contributed by atoms with Gasteiger partial charge in [-0.15, -0.1) is 0 Å². The van der Waals surface area contributed by atoms with Crippen LogP contribution in [0, 0.1) is 5.92 Å². The maximum Gasteiger partial charge on any atom is 0.183 e. The summed E-state index contributed by atoms with van der Waals surface area (Å²) in [5.74, 6) is 0.712. The van der Waals surface area contributed by atoms with Crippen molar-refractivity contribution >= 4 is 5.78 Å². The van der Waals surface area contributed by atoms with Gasteiger partial charge in [0.25, 0.3) is 0 Å². The number of benzene rings is 1. The number of nitrogens with two attached hydrogens (primary N) is 1. The molecular weight excluding hydrogens is 214 g/mol. The lowest BCUT2D eigenvalue weighted by Crippen LogP contribution is -2.35. The average Bonchev–Trinajstić information content (AvgIpc) is 2.34. The van der Waals surface area contributed by atoms with Gasteiger partial charge in [0.15, 0.2) is 5.78 Å². The summed E-state index contributed by atoms with van der Waals surface area (Å²) in [5, 5.41) is 0. The number of hydrogen-bond acceptors (Lipinski definition) is 3. The lowest BCUT2D eigenvalue weighted by molar-refractivity contribution is 0.0936. The van der Waals surface area contributed by atoms with Crippen LogP contribution >= 0.6 is 0 Å². The number of ketones is 1. The minimum absolute atomic E-state index is 0.0493. The van der Waals surface area contributed by atoms with Gasteiger partial charge in [-0.1, -0.05) is 32.9 Å². The van der Waals surface area contributed by atoms with Crippen molar-refractivity contribution < 1.29 is 9.53 Å². The van der Waals surface area contributed by atoms with Crippen LogP contribution in [0.3, 0.4) is 0 Å². The molecule has 94 valence electrons. The largest absolute Gasteiger partial charge is 0.493 e. The van der Waals surface area contributed by atoms with E-state index in [0.29, 0.717) is 17.9 Å². The van der Waals surface area contributed by atoms with E-state index in [0.717, 1.165) is 6.42 Å². The Balaban J connectivity index is 2.92. The number of hydrogen-bond donors (Lipinski definition) is 1. The zero-order valence-electron chi connectivity index (χ0n) is 10.8. The molecular formula is C14H21NO2. The van der Waals surface area contributed by atoms with Gasteiger partial charge in [-0.3, -0.25) is 4.79 Å². The minimum atomic E-state index is -0.471. The van der Waals surface area contributed by atoms with Crippen LogP contribution < -0.4 is 10.5 Å². The molecule has 0 bridgehead atoms. The average molecular weight is 235 g/mol. The van der Waals surface area contributed by atoms with Crippen molar-refractivity contribution in [2.75, 3.05) is 6.61 Å². The van der Waals surface area contributed by atoms with Crippen LogP contribution in [0.4, 0.5) is 0 Å². The number of Topliss-reactive ketones (excluding diaryl/α,β-unsaturated/α-hetero) is 1. The van der Waals surface area contributed by atoms with Gasteiger partial charge in [0, 0.05) is 0 Å². The minimum Gasteiger partial charge on any atom is -0.493 e. The molecule has 0 aromatic heterocycles. The molecule has 3 heteroatoms. The molecule has 0 saturated carbocycles. The fourth-order valence-corrected chi connectivity index (χ4v) is 1.49. The lowest BCUT2D eigenvalue weighted by Gasteiger charge is -2.16. The Morgan fingerprint density at radius 2 is 2.00 bits per heavy atom. The van der Waals surface area contributed by atoms with Crippen LogP contribution in [0.25, 0.3) is 0 Å². The molecule has 3 nitrogen and oxygen atoms in total. The van der Waals surface area contributed by atoms with E-state index in [-0.39, 0.29) is 11.7 Å². The van der Waals surface area contributed by atoms with Crippen LogP contribution in [-0.4, -0.2) is 18.4 Å². The summed E-state index contributed by atoms with van der Waals surface area (Å²) in [5.41, 5.74) is 6.47. The summed E-state index contributed by atoms with van der Waals surface area (Å²) in [6.07, 6.45) is 0.915. The van der Waals surface area contributed by atoms with Crippen molar-refractivity contribution in [3.05, 3.63) is 29.8 Å². The lowest BCUT2D eigenvalue weighted by atomic mass is 9.95. The molecule has 0 aliphatic carbocycles. The highest BCUT2D eigenvalue weighted by Crippen LogP contribution is 2.21. The van der Waals surface area contributed by atoms with Crippen molar-refractivity contribution in [2.24, 2.45) is 11.7 Å². The molecule has 0 heterocycles. The Morgan fingerprint density at radius 1 is 1.35 bits per heavy atom. The molecule has 0 saturated heterocycles. The Bertz CT molecular complexity index is 374. The monoisotopic (exact) mass is 235 g/mol. The summed E-state index contributed by atoms with van der Waals surface area (Å²) in [6, 6.07) is 6.81. The molecule has 0 radical (unpaired) electrons. The summed E-state index contributed by atoms with van der Waals surface area (Å²) >= 11 is 0. The quantitative estimate of drug-likeness (QED) is 0.771. The first-order valence-electron chi connectivity index (χ1n) is 6.09. The molecule has 1 atom stereocenters. The van der Waals surface area contributed by atoms with Gasteiger partial charge in [0.05, 0.1) is 18.2 Å². The van der Waals surface area contributed by atoms with Gasteiger partial charge < -0.3 is 10.5 Å². The van der Waals surface area contributed by atoms with Crippen LogP contribution in [-0.2, 0) is 0 Å². The molecule has 1 aromatic rings. The molecule has 1 aromatic carbocycles. The first-order valence-corrected chi connectivity index (χ1v) is 6.09. The maximum atomic E-state index is 12.2. The fourth-order valence-electron chi connectivity index (χ4n) is 1.49. The van der Waals surface area contributed by atoms with E-state index < -0.39 is 6.04 Å². The highest BCUT2D eigenvalue weighted by Gasteiger charge is 2.21.